The average Bonchev–Trinajstić information content (AvgIpc) is 2.71. The summed E-state index contributed by atoms with van der Waals surface area (Å²) in [5, 5.41) is 15.2. The maximum atomic E-state index is 8.72. The molecule has 2 N–H and O–H groups in total. The smallest absolute Gasteiger partial charge is 0.130 e. The van der Waals surface area contributed by atoms with Crippen LogP contribution in [0.15, 0.2) is 28.1 Å². The summed E-state index contributed by atoms with van der Waals surface area (Å²) >= 11 is 5.22. The van der Waals surface area contributed by atoms with Gasteiger partial charge in [0, 0.05) is 0 Å². The van der Waals surface area contributed by atoms with Crippen LogP contribution in [0, 0.1) is 11.3 Å². The number of nitrogens with one attached hydrogen (secondary N) is 2. The molecule has 0 saturated heterocycles. The molecule has 3 nitrogen and oxygen atoms in total. The maximum Gasteiger partial charge on any atom is 0.130 e. The van der Waals surface area contributed by atoms with Gasteiger partial charge in [-0.1, -0.05) is 23.9 Å². The number of rotatable bonds is 2. The molecule has 0 spiro atoms. The molecular formula is C11H10BrN3S. The number of nitriles is 1. The van der Waals surface area contributed by atoms with Crippen molar-refractivity contribution in [1.29, 1.82) is 5.26 Å². The number of benzene rings is 1. The molecule has 1 aliphatic heterocycles. The molecule has 0 aliphatic carbocycles. The standard InChI is InChI=1S/C11H10BrN3S/c1-14-11-15-9(10(12)16-11)8-4-2-7(6-13)3-5-8/h2-5,11,14-15H,1H3. The molecule has 0 aromatic heterocycles. The second-order valence-electron chi connectivity index (χ2n) is 3.27. The Hall–Kier alpha value is -0.960. The van der Waals surface area contributed by atoms with Crippen LogP contribution in [-0.2, 0) is 0 Å². The van der Waals surface area contributed by atoms with Crippen molar-refractivity contribution in [2.24, 2.45) is 0 Å². The molecule has 1 aromatic rings. The van der Waals surface area contributed by atoms with Crippen LogP contribution in [0.3, 0.4) is 0 Å². The van der Waals surface area contributed by atoms with Gasteiger partial charge in [0.05, 0.1) is 21.1 Å². The topological polar surface area (TPSA) is 47.8 Å². The lowest BCUT2D eigenvalue weighted by Gasteiger charge is -2.10. The molecule has 0 fully saturated rings. The Bertz CT molecular complexity index is 461. The summed E-state index contributed by atoms with van der Waals surface area (Å²) in [5.41, 5.74) is 3.02. The normalized spacial score (nSPS) is 19.4. The molecule has 0 saturated carbocycles. The van der Waals surface area contributed by atoms with Crippen LogP contribution in [0.1, 0.15) is 11.1 Å². The fourth-order valence-electron chi connectivity index (χ4n) is 1.42. The summed E-state index contributed by atoms with van der Waals surface area (Å²) in [6.07, 6.45) is 0. The lowest BCUT2D eigenvalue weighted by Crippen LogP contribution is -2.32. The van der Waals surface area contributed by atoms with Crippen molar-refractivity contribution < 1.29 is 0 Å². The van der Waals surface area contributed by atoms with E-state index < -0.39 is 0 Å². The van der Waals surface area contributed by atoms with Gasteiger partial charge in [0.15, 0.2) is 0 Å². The van der Waals surface area contributed by atoms with E-state index in [1.54, 1.807) is 11.8 Å². The van der Waals surface area contributed by atoms with E-state index in [4.69, 9.17) is 5.26 Å². The van der Waals surface area contributed by atoms with Crippen LogP contribution in [0.2, 0.25) is 0 Å². The highest BCUT2D eigenvalue weighted by Crippen LogP contribution is 2.38. The molecular weight excluding hydrogens is 286 g/mol. The first kappa shape index (κ1) is 11.5. The predicted octanol–water partition coefficient (Wildman–Crippen LogP) is 2.42. The van der Waals surface area contributed by atoms with E-state index in [0.717, 1.165) is 15.1 Å². The average molecular weight is 296 g/mol. The molecule has 5 heteroatoms. The van der Waals surface area contributed by atoms with Crippen molar-refractivity contribution in [2.75, 3.05) is 7.05 Å². The van der Waals surface area contributed by atoms with Crippen molar-refractivity contribution >= 4 is 33.4 Å². The van der Waals surface area contributed by atoms with E-state index >= 15 is 0 Å². The molecule has 1 unspecified atom stereocenters. The first-order valence-electron chi connectivity index (χ1n) is 4.75. The largest absolute Gasteiger partial charge is 0.359 e. The van der Waals surface area contributed by atoms with Crippen molar-refractivity contribution in [3.63, 3.8) is 0 Å². The highest BCUT2D eigenvalue weighted by atomic mass is 79.9. The summed E-state index contributed by atoms with van der Waals surface area (Å²) in [4.78, 5) is 0. The predicted molar refractivity (Wildman–Crippen MR) is 70.6 cm³/mol. The quantitative estimate of drug-likeness (QED) is 0.880. The Morgan fingerprint density at radius 1 is 1.44 bits per heavy atom. The van der Waals surface area contributed by atoms with Gasteiger partial charge in [-0.2, -0.15) is 5.26 Å². The number of nitrogens with zero attached hydrogens (tertiary/aromatic N) is 1. The first-order valence-corrected chi connectivity index (χ1v) is 6.42. The summed E-state index contributed by atoms with van der Waals surface area (Å²) in [5.74, 6) is 0. The molecule has 82 valence electrons. The van der Waals surface area contributed by atoms with E-state index in [0.29, 0.717) is 5.56 Å². The van der Waals surface area contributed by atoms with Gasteiger partial charge in [0.2, 0.25) is 0 Å². The van der Waals surface area contributed by atoms with Crippen molar-refractivity contribution in [2.45, 2.75) is 5.50 Å². The molecule has 1 aliphatic rings. The SMILES string of the molecule is CNC1NC(c2ccc(C#N)cc2)=C(Br)S1. The van der Waals surface area contributed by atoms with Gasteiger partial charge in [0.1, 0.15) is 5.50 Å². The zero-order chi connectivity index (χ0) is 11.5. The molecule has 0 radical (unpaired) electrons. The van der Waals surface area contributed by atoms with E-state index in [2.05, 4.69) is 32.6 Å². The van der Waals surface area contributed by atoms with Gasteiger partial charge >= 0.3 is 0 Å². The fraction of sp³-hybridized carbons (Fsp3) is 0.182. The van der Waals surface area contributed by atoms with E-state index in [1.807, 2.05) is 31.3 Å². The van der Waals surface area contributed by atoms with Gasteiger partial charge in [-0.3, -0.25) is 5.32 Å². The zero-order valence-corrected chi connectivity index (χ0v) is 11.0. The third kappa shape index (κ3) is 2.24. The molecule has 0 bridgehead atoms. The Labute approximate surface area is 107 Å². The fourth-order valence-corrected chi connectivity index (χ4v) is 3.12. The zero-order valence-electron chi connectivity index (χ0n) is 8.62. The van der Waals surface area contributed by atoms with Crippen molar-refractivity contribution in [1.82, 2.24) is 10.6 Å². The highest BCUT2D eigenvalue weighted by Gasteiger charge is 2.21. The third-order valence-electron chi connectivity index (χ3n) is 2.26. The number of hydrogen-bond acceptors (Lipinski definition) is 4. The second-order valence-corrected chi connectivity index (χ2v) is 5.70. The summed E-state index contributed by atoms with van der Waals surface area (Å²) in [7, 11) is 1.91. The number of hydrogen-bond donors (Lipinski definition) is 2. The molecule has 2 rings (SSSR count). The second kappa shape index (κ2) is 4.91. The summed E-state index contributed by atoms with van der Waals surface area (Å²) in [6.45, 7) is 0. The van der Waals surface area contributed by atoms with Crippen molar-refractivity contribution in [3.05, 3.63) is 39.2 Å². The lowest BCUT2D eigenvalue weighted by molar-refractivity contribution is 0.703. The first-order chi connectivity index (χ1) is 7.74. The lowest BCUT2D eigenvalue weighted by atomic mass is 10.1. The minimum atomic E-state index is 0.194. The molecule has 0 amide bonds. The summed E-state index contributed by atoms with van der Waals surface area (Å²) < 4.78 is 1.08. The Kier molecular flexibility index (Phi) is 3.54. The molecule has 1 aromatic carbocycles. The van der Waals surface area contributed by atoms with Crippen LogP contribution in [0.4, 0.5) is 0 Å². The van der Waals surface area contributed by atoms with Crippen LogP contribution in [-0.4, -0.2) is 12.5 Å². The van der Waals surface area contributed by atoms with Gasteiger partial charge in [-0.25, -0.2) is 0 Å². The van der Waals surface area contributed by atoms with Gasteiger partial charge in [-0.15, -0.1) is 0 Å². The maximum absolute atomic E-state index is 8.72. The number of halogens is 1. The highest BCUT2D eigenvalue weighted by molar-refractivity contribution is 9.14. The van der Waals surface area contributed by atoms with Crippen LogP contribution < -0.4 is 10.6 Å². The monoisotopic (exact) mass is 295 g/mol. The van der Waals surface area contributed by atoms with Crippen LogP contribution >= 0.6 is 27.7 Å². The Morgan fingerprint density at radius 2 is 2.12 bits per heavy atom. The van der Waals surface area contributed by atoms with E-state index in [-0.39, 0.29) is 5.50 Å². The van der Waals surface area contributed by atoms with E-state index in [1.165, 1.54) is 0 Å². The van der Waals surface area contributed by atoms with E-state index in [9.17, 15) is 0 Å². The van der Waals surface area contributed by atoms with Crippen LogP contribution in [0.5, 0.6) is 0 Å². The van der Waals surface area contributed by atoms with Gasteiger partial charge in [0.25, 0.3) is 0 Å². The minimum absolute atomic E-state index is 0.194. The van der Waals surface area contributed by atoms with Crippen LogP contribution in [0.25, 0.3) is 5.70 Å². The van der Waals surface area contributed by atoms with Gasteiger partial charge in [-0.05, 0) is 40.7 Å². The molecule has 16 heavy (non-hydrogen) atoms. The Balaban J connectivity index is 2.25. The number of thioether (sulfide) groups is 1. The Morgan fingerprint density at radius 3 is 2.62 bits per heavy atom. The van der Waals surface area contributed by atoms with Gasteiger partial charge < -0.3 is 5.32 Å². The van der Waals surface area contributed by atoms with Crippen molar-refractivity contribution in [3.8, 4) is 6.07 Å². The summed E-state index contributed by atoms with van der Waals surface area (Å²) in [6, 6.07) is 9.64. The minimum Gasteiger partial charge on any atom is -0.359 e. The molecule has 1 heterocycles. The molecule has 1 atom stereocenters. The third-order valence-corrected chi connectivity index (χ3v) is 4.22.